The van der Waals surface area contributed by atoms with Gasteiger partial charge in [0.05, 0.1) is 25.7 Å². The third-order valence-electron chi connectivity index (χ3n) is 5.06. The van der Waals surface area contributed by atoms with Crippen molar-refractivity contribution < 1.29 is 18.4 Å². The van der Waals surface area contributed by atoms with Crippen molar-refractivity contribution in [2.24, 2.45) is 0 Å². The van der Waals surface area contributed by atoms with Crippen LogP contribution >= 0.6 is 11.8 Å². The molecule has 0 radical (unpaired) electrons. The van der Waals surface area contributed by atoms with Gasteiger partial charge in [-0.3, -0.25) is 9.69 Å². The molecule has 152 valence electrons. The molecule has 0 aliphatic carbocycles. The van der Waals surface area contributed by atoms with Gasteiger partial charge in [-0.25, -0.2) is 4.79 Å². The van der Waals surface area contributed by atoms with E-state index in [-0.39, 0.29) is 11.6 Å². The van der Waals surface area contributed by atoms with E-state index in [4.69, 9.17) is 13.6 Å². The van der Waals surface area contributed by atoms with Crippen LogP contribution in [0.25, 0.3) is 11.0 Å². The molecule has 0 saturated carbocycles. The summed E-state index contributed by atoms with van der Waals surface area (Å²) in [5.74, 6) is 2.11. The number of amides is 1. The lowest BCUT2D eigenvalue weighted by Gasteiger charge is -2.33. The highest BCUT2D eigenvalue weighted by Crippen LogP contribution is 2.26. The van der Waals surface area contributed by atoms with E-state index in [0.717, 1.165) is 30.2 Å². The van der Waals surface area contributed by atoms with Gasteiger partial charge in [0.2, 0.25) is 0 Å². The monoisotopic (exact) mass is 414 g/mol. The van der Waals surface area contributed by atoms with Crippen LogP contribution in [0.2, 0.25) is 0 Å². The predicted molar refractivity (Wildman–Crippen MR) is 112 cm³/mol. The molecule has 8 heteroatoms. The number of furan rings is 1. The smallest absolute Gasteiger partial charge is 0.349 e. The summed E-state index contributed by atoms with van der Waals surface area (Å²) in [7, 11) is 1.50. The average molecular weight is 414 g/mol. The molecule has 4 rings (SSSR count). The number of nitrogens with zero attached hydrogens (tertiary/aromatic N) is 1. The van der Waals surface area contributed by atoms with Crippen molar-refractivity contribution in [1.29, 1.82) is 0 Å². The second-order valence-electron chi connectivity index (χ2n) is 6.76. The molecule has 1 fully saturated rings. The van der Waals surface area contributed by atoms with Crippen molar-refractivity contribution in [3.05, 3.63) is 64.4 Å². The summed E-state index contributed by atoms with van der Waals surface area (Å²) in [4.78, 5) is 27.5. The molecular formula is C21H22N2O5S. The zero-order valence-corrected chi connectivity index (χ0v) is 16.9. The third kappa shape index (κ3) is 4.18. The Labute approximate surface area is 172 Å². The number of carbonyl (C=O) groups excluding carboxylic acids is 1. The molecule has 3 aromatic rings. The number of para-hydroxylation sites is 1. The Kier molecular flexibility index (Phi) is 5.92. The summed E-state index contributed by atoms with van der Waals surface area (Å²) < 4.78 is 15.8. The number of thioether (sulfide) groups is 1. The standard InChI is InChI=1S/C21H22N2O5S/c1-26-18-4-2-3-14-11-16(21(25)28-19(14)18)20(24)22-12-17(15-5-8-27-13-15)23-6-9-29-10-7-23/h2-5,8,11,13,17H,6-7,9-10,12H2,1H3,(H,22,24)/t17-/m0/s1. The van der Waals surface area contributed by atoms with E-state index >= 15 is 0 Å². The number of nitrogens with one attached hydrogen (secondary N) is 1. The van der Waals surface area contributed by atoms with Gasteiger partial charge in [-0.05, 0) is 18.2 Å². The summed E-state index contributed by atoms with van der Waals surface area (Å²) in [6.45, 7) is 2.25. The van der Waals surface area contributed by atoms with Gasteiger partial charge in [-0.2, -0.15) is 11.8 Å². The maximum absolute atomic E-state index is 12.8. The minimum atomic E-state index is -0.686. The summed E-state index contributed by atoms with van der Waals surface area (Å²) in [6.07, 6.45) is 3.34. The summed E-state index contributed by atoms with van der Waals surface area (Å²) in [5.41, 5.74) is 0.630. The van der Waals surface area contributed by atoms with Crippen molar-refractivity contribution in [2.45, 2.75) is 6.04 Å². The molecule has 0 spiro atoms. The zero-order valence-electron chi connectivity index (χ0n) is 16.1. The third-order valence-corrected chi connectivity index (χ3v) is 6.00. The molecule has 1 aromatic carbocycles. The number of carbonyl (C=O) groups is 1. The highest BCUT2D eigenvalue weighted by Gasteiger charge is 2.25. The number of ether oxygens (including phenoxy) is 1. The Morgan fingerprint density at radius 3 is 2.86 bits per heavy atom. The van der Waals surface area contributed by atoms with E-state index in [0.29, 0.717) is 23.3 Å². The summed E-state index contributed by atoms with van der Waals surface area (Å²) in [6, 6.07) is 8.71. The fourth-order valence-electron chi connectivity index (χ4n) is 3.53. The Bertz CT molecular complexity index is 1040. The fourth-order valence-corrected chi connectivity index (χ4v) is 4.46. The van der Waals surface area contributed by atoms with Crippen LogP contribution < -0.4 is 15.7 Å². The summed E-state index contributed by atoms with van der Waals surface area (Å²) in [5, 5.41) is 3.53. The van der Waals surface area contributed by atoms with Crippen molar-refractivity contribution in [2.75, 3.05) is 38.2 Å². The molecule has 0 unspecified atom stereocenters. The first-order valence-electron chi connectivity index (χ1n) is 9.40. The van der Waals surface area contributed by atoms with Gasteiger partial charge >= 0.3 is 5.63 Å². The molecular weight excluding hydrogens is 392 g/mol. The lowest BCUT2D eigenvalue weighted by molar-refractivity contribution is 0.0931. The molecule has 1 aliphatic heterocycles. The lowest BCUT2D eigenvalue weighted by atomic mass is 10.1. The average Bonchev–Trinajstić information content (AvgIpc) is 3.28. The Hall–Kier alpha value is -2.71. The minimum Gasteiger partial charge on any atom is -0.493 e. The van der Waals surface area contributed by atoms with Crippen LogP contribution in [0.3, 0.4) is 0 Å². The molecule has 1 atom stereocenters. The molecule has 1 N–H and O–H groups in total. The number of hydrogen-bond acceptors (Lipinski definition) is 7. The number of hydrogen-bond donors (Lipinski definition) is 1. The van der Waals surface area contributed by atoms with Gasteiger partial charge in [0.25, 0.3) is 5.91 Å². The maximum atomic E-state index is 12.8. The van der Waals surface area contributed by atoms with Crippen LogP contribution in [0.4, 0.5) is 0 Å². The van der Waals surface area contributed by atoms with E-state index in [1.807, 2.05) is 17.8 Å². The zero-order chi connectivity index (χ0) is 20.2. The first kappa shape index (κ1) is 19.6. The van der Waals surface area contributed by atoms with Crippen molar-refractivity contribution in [3.8, 4) is 5.75 Å². The van der Waals surface area contributed by atoms with E-state index in [2.05, 4.69) is 10.2 Å². The molecule has 2 aromatic heterocycles. The SMILES string of the molecule is COc1cccc2cc(C(=O)NC[C@@H](c3ccoc3)N3CCSCC3)c(=O)oc12. The first-order valence-corrected chi connectivity index (χ1v) is 10.6. The van der Waals surface area contributed by atoms with Gasteiger partial charge in [-0.15, -0.1) is 0 Å². The van der Waals surface area contributed by atoms with Gasteiger partial charge in [0, 0.05) is 42.1 Å². The topological polar surface area (TPSA) is 84.9 Å². The molecule has 3 heterocycles. The van der Waals surface area contributed by atoms with Crippen molar-refractivity contribution >= 4 is 28.6 Å². The quantitative estimate of drug-likeness (QED) is 0.621. The highest BCUT2D eigenvalue weighted by molar-refractivity contribution is 7.99. The highest BCUT2D eigenvalue weighted by atomic mass is 32.2. The first-order chi connectivity index (χ1) is 14.2. The number of fused-ring (bicyclic) bond motifs is 1. The molecule has 7 nitrogen and oxygen atoms in total. The van der Waals surface area contributed by atoms with E-state index in [1.54, 1.807) is 36.8 Å². The second kappa shape index (κ2) is 8.75. The van der Waals surface area contributed by atoms with E-state index < -0.39 is 11.5 Å². The van der Waals surface area contributed by atoms with Crippen LogP contribution in [0.5, 0.6) is 5.75 Å². The van der Waals surface area contributed by atoms with Crippen molar-refractivity contribution in [3.63, 3.8) is 0 Å². The predicted octanol–water partition coefficient (Wildman–Crippen LogP) is 2.91. The van der Waals surface area contributed by atoms with Crippen LogP contribution in [0.1, 0.15) is 22.0 Å². The second-order valence-corrected chi connectivity index (χ2v) is 7.98. The minimum absolute atomic E-state index is 0.00816. The fraction of sp³-hybridized carbons (Fsp3) is 0.333. The molecule has 1 aliphatic rings. The normalized spacial score (nSPS) is 15.9. The molecule has 0 bridgehead atoms. The van der Waals surface area contributed by atoms with Gasteiger partial charge in [0.1, 0.15) is 5.56 Å². The van der Waals surface area contributed by atoms with E-state index in [1.165, 1.54) is 7.11 Å². The van der Waals surface area contributed by atoms with Gasteiger partial charge in [0.15, 0.2) is 11.3 Å². The molecule has 29 heavy (non-hydrogen) atoms. The largest absolute Gasteiger partial charge is 0.493 e. The van der Waals surface area contributed by atoms with Gasteiger partial charge < -0.3 is 18.9 Å². The number of methoxy groups -OCH3 is 1. The van der Waals surface area contributed by atoms with Crippen molar-refractivity contribution in [1.82, 2.24) is 10.2 Å². The molecule has 1 amide bonds. The van der Waals surface area contributed by atoms with Crippen LogP contribution in [-0.2, 0) is 0 Å². The van der Waals surface area contributed by atoms with Crippen LogP contribution in [-0.4, -0.2) is 49.1 Å². The summed E-state index contributed by atoms with van der Waals surface area (Å²) >= 11 is 1.92. The van der Waals surface area contributed by atoms with Gasteiger partial charge in [-0.1, -0.05) is 12.1 Å². The number of benzene rings is 1. The van der Waals surface area contributed by atoms with Crippen LogP contribution in [0.15, 0.2) is 56.5 Å². The number of rotatable bonds is 6. The Balaban J connectivity index is 1.55. The molecule has 1 saturated heterocycles. The lowest BCUT2D eigenvalue weighted by Crippen LogP contribution is -2.42. The maximum Gasteiger partial charge on any atom is 0.349 e. The Morgan fingerprint density at radius 1 is 1.31 bits per heavy atom. The Morgan fingerprint density at radius 2 is 2.14 bits per heavy atom. The van der Waals surface area contributed by atoms with Crippen LogP contribution in [0, 0.1) is 0 Å². The van der Waals surface area contributed by atoms with E-state index in [9.17, 15) is 9.59 Å².